The second-order valence-electron chi connectivity index (χ2n) is 5.57. The van der Waals surface area contributed by atoms with Crippen LogP contribution in [0, 0.1) is 10.1 Å². The number of nitrogens with zero attached hydrogens (tertiary/aromatic N) is 1. The Kier molecular flexibility index (Phi) is 6.04. The lowest BCUT2D eigenvalue weighted by Gasteiger charge is -2.11. The molecule has 1 N–H and O–H groups in total. The minimum Gasteiger partial charge on any atom is -0.493 e. The van der Waals surface area contributed by atoms with Crippen molar-refractivity contribution in [2.75, 3.05) is 32.3 Å². The third kappa shape index (κ3) is 4.63. The lowest BCUT2D eigenvalue weighted by Crippen LogP contribution is -2.08. The Morgan fingerprint density at radius 3 is 2.35 bits per heavy atom. The molecule has 8 nitrogen and oxygen atoms in total. The molecule has 0 spiro atoms. The maximum Gasteiger partial charge on any atom is 0.293 e. The van der Waals surface area contributed by atoms with Crippen LogP contribution in [0.2, 0.25) is 0 Å². The molecule has 2 aromatic carbocycles. The highest BCUT2D eigenvalue weighted by Crippen LogP contribution is 2.29. The fourth-order valence-electron chi connectivity index (χ4n) is 2.42. The van der Waals surface area contributed by atoms with E-state index in [9.17, 15) is 18.5 Å². The summed E-state index contributed by atoms with van der Waals surface area (Å²) in [6.45, 7) is 0.425. The van der Waals surface area contributed by atoms with Crippen molar-refractivity contribution in [3.05, 3.63) is 52.1 Å². The molecule has 0 unspecified atom stereocenters. The normalized spacial score (nSPS) is 11.0. The van der Waals surface area contributed by atoms with E-state index >= 15 is 0 Å². The van der Waals surface area contributed by atoms with E-state index in [1.165, 1.54) is 12.1 Å². The summed E-state index contributed by atoms with van der Waals surface area (Å²) in [7, 11) is -0.409. The molecule has 0 aliphatic carbocycles. The number of methoxy groups -OCH3 is 2. The maximum atomic E-state index is 11.6. The fraction of sp³-hybridized carbons (Fsp3) is 0.294. The SMILES string of the molecule is COc1ccc(CCNc2ccc(S(C)(=O)=O)cc2[N+](=O)[O-])cc1OC. The van der Waals surface area contributed by atoms with Crippen LogP contribution in [0.25, 0.3) is 0 Å². The summed E-state index contributed by atoms with van der Waals surface area (Å²) in [6.07, 6.45) is 1.60. The van der Waals surface area contributed by atoms with E-state index < -0.39 is 14.8 Å². The van der Waals surface area contributed by atoms with E-state index in [-0.39, 0.29) is 16.3 Å². The molecule has 0 fully saturated rings. The van der Waals surface area contributed by atoms with Crippen molar-refractivity contribution >= 4 is 21.2 Å². The molecule has 0 saturated heterocycles. The summed E-state index contributed by atoms with van der Waals surface area (Å²) in [5.74, 6) is 1.23. The maximum absolute atomic E-state index is 11.6. The third-order valence-electron chi connectivity index (χ3n) is 3.77. The monoisotopic (exact) mass is 380 g/mol. The average molecular weight is 380 g/mol. The molecule has 0 aliphatic rings. The van der Waals surface area contributed by atoms with E-state index in [4.69, 9.17) is 9.47 Å². The van der Waals surface area contributed by atoms with E-state index in [2.05, 4.69) is 5.32 Å². The molecule has 0 saturated carbocycles. The Bertz CT molecular complexity index is 911. The van der Waals surface area contributed by atoms with Gasteiger partial charge < -0.3 is 14.8 Å². The van der Waals surface area contributed by atoms with Gasteiger partial charge in [-0.05, 0) is 36.2 Å². The summed E-state index contributed by atoms with van der Waals surface area (Å²) in [6, 6.07) is 9.32. The van der Waals surface area contributed by atoms with Crippen molar-refractivity contribution in [3.8, 4) is 11.5 Å². The summed E-state index contributed by atoms with van der Waals surface area (Å²) < 4.78 is 33.6. The van der Waals surface area contributed by atoms with Gasteiger partial charge in [0.1, 0.15) is 5.69 Å². The minimum absolute atomic E-state index is 0.0883. The predicted octanol–water partition coefficient (Wildman–Crippen LogP) is 2.67. The molecular formula is C17H20N2O6S. The number of nitrogens with one attached hydrogen (secondary N) is 1. The van der Waals surface area contributed by atoms with Crippen molar-refractivity contribution in [2.45, 2.75) is 11.3 Å². The van der Waals surface area contributed by atoms with Gasteiger partial charge in [-0.25, -0.2) is 8.42 Å². The highest BCUT2D eigenvalue weighted by atomic mass is 32.2. The van der Waals surface area contributed by atoms with Gasteiger partial charge in [-0.2, -0.15) is 0 Å². The Balaban J connectivity index is 2.13. The van der Waals surface area contributed by atoms with Gasteiger partial charge in [0.15, 0.2) is 21.3 Å². The largest absolute Gasteiger partial charge is 0.493 e. The average Bonchev–Trinajstić information content (AvgIpc) is 2.60. The van der Waals surface area contributed by atoms with Crippen LogP contribution in [0.15, 0.2) is 41.3 Å². The van der Waals surface area contributed by atoms with Crippen LogP contribution in [0.1, 0.15) is 5.56 Å². The van der Waals surface area contributed by atoms with Gasteiger partial charge in [0.2, 0.25) is 0 Å². The van der Waals surface area contributed by atoms with Crippen LogP contribution in [-0.4, -0.2) is 40.4 Å². The lowest BCUT2D eigenvalue weighted by atomic mass is 10.1. The summed E-state index contributed by atoms with van der Waals surface area (Å²) >= 11 is 0. The van der Waals surface area contributed by atoms with Crippen molar-refractivity contribution < 1.29 is 22.8 Å². The van der Waals surface area contributed by atoms with Crippen LogP contribution >= 0.6 is 0 Å². The Morgan fingerprint density at radius 2 is 1.77 bits per heavy atom. The van der Waals surface area contributed by atoms with Crippen LogP contribution in [0.5, 0.6) is 11.5 Å². The van der Waals surface area contributed by atoms with Gasteiger partial charge in [0.05, 0.1) is 24.0 Å². The lowest BCUT2D eigenvalue weighted by molar-refractivity contribution is -0.384. The summed E-state index contributed by atoms with van der Waals surface area (Å²) in [5.41, 5.74) is 0.952. The Morgan fingerprint density at radius 1 is 1.08 bits per heavy atom. The zero-order valence-electron chi connectivity index (χ0n) is 14.7. The van der Waals surface area contributed by atoms with Gasteiger partial charge in [-0.1, -0.05) is 6.07 Å². The van der Waals surface area contributed by atoms with Crippen LogP contribution in [0.4, 0.5) is 11.4 Å². The first-order chi connectivity index (χ1) is 12.3. The first kappa shape index (κ1) is 19.5. The second-order valence-corrected chi connectivity index (χ2v) is 7.59. The molecular weight excluding hydrogens is 360 g/mol. The molecule has 0 amide bonds. The number of rotatable bonds is 8. The van der Waals surface area contributed by atoms with Crippen LogP contribution in [0.3, 0.4) is 0 Å². The van der Waals surface area contributed by atoms with Gasteiger partial charge in [0.25, 0.3) is 5.69 Å². The van der Waals surface area contributed by atoms with Gasteiger partial charge in [-0.3, -0.25) is 10.1 Å². The number of ether oxygens (including phenoxy) is 2. The zero-order valence-corrected chi connectivity index (χ0v) is 15.5. The summed E-state index contributed by atoms with van der Waals surface area (Å²) in [5, 5.41) is 14.2. The smallest absolute Gasteiger partial charge is 0.293 e. The molecule has 26 heavy (non-hydrogen) atoms. The molecule has 0 atom stereocenters. The number of anilines is 1. The number of nitro groups is 1. The van der Waals surface area contributed by atoms with E-state index in [1.54, 1.807) is 20.3 Å². The van der Waals surface area contributed by atoms with Crippen molar-refractivity contribution in [1.29, 1.82) is 0 Å². The quantitative estimate of drug-likeness (QED) is 0.554. The number of hydrogen-bond acceptors (Lipinski definition) is 7. The number of hydrogen-bond donors (Lipinski definition) is 1. The first-order valence-corrected chi connectivity index (χ1v) is 9.58. The minimum atomic E-state index is -3.51. The molecule has 0 aliphatic heterocycles. The zero-order chi connectivity index (χ0) is 19.3. The molecule has 0 heterocycles. The van der Waals surface area contributed by atoms with Crippen LogP contribution in [-0.2, 0) is 16.3 Å². The second kappa shape index (κ2) is 8.05. The van der Waals surface area contributed by atoms with E-state index in [1.807, 2.05) is 12.1 Å². The highest BCUT2D eigenvalue weighted by molar-refractivity contribution is 7.90. The first-order valence-electron chi connectivity index (χ1n) is 7.69. The molecule has 2 aromatic rings. The van der Waals surface area contributed by atoms with Crippen molar-refractivity contribution in [2.24, 2.45) is 0 Å². The summed E-state index contributed by atoms with van der Waals surface area (Å²) in [4.78, 5) is 10.5. The van der Waals surface area contributed by atoms with E-state index in [0.29, 0.717) is 24.5 Å². The molecule has 2 rings (SSSR count). The number of nitro benzene ring substituents is 1. The molecule has 0 bridgehead atoms. The molecule has 9 heteroatoms. The highest BCUT2D eigenvalue weighted by Gasteiger charge is 2.18. The topological polar surface area (TPSA) is 108 Å². The standard InChI is InChI=1S/C17H20N2O6S/c1-24-16-7-4-12(10-17(16)25-2)8-9-18-14-6-5-13(26(3,22)23)11-15(14)19(20)21/h4-7,10-11,18H,8-9H2,1-3H3. The Hall–Kier alpha value is -2.81. The van der Waals surface area contributed by atoms with Gasteiger partial charge in [-0.15, -0.1) is 0 Å². The van der Waals surface area contributed by atoms with Gasteiger partial charge in [0, 0.05) is 18.9 Å². The molecule has 0 radical (unpaired) electrons. The Labute approximate surface area is 151 Å². The predicted molar refractivity (Wildman–Crippen MR) is 97.9 cm³/mol. The molecule has 140 valence electrons. The third-order valence-corrected chi connectivity index (χ3v) is 4.88. The number of sulfone groups is 1. The van der Waals surface area contributed by atoms with Gasteiger partial charge >= 0.3 is 0 Å². The van der Waals surface area contributed by atoms with E-state index in [0.717, 1.165) is 17.9 Å². The van der Waals surface area contributed by atoms with Crippen molar-refractivity contribution in [3.63, 3.8) is 0 Å². The van der Waals surface area contributed by atoms with Crippen molar-refractivity contribution in [1.82, 2.24) is 0 Å². The van der Waals surface area contributed by atoms with Crippen LogP contribution < -0.4 is 14.8 Å². The molecule has 0 aromatic heterocycles. The fourth-order valence-corrected chi connectivity index (χ4v) is 3.06. The number of benzene rings is 2.